The minimum Gasteiger partial charge on any atom is -0.424 e. The van der Waals surface area contributed by atoms with Gasteiger partial charge in [-0.1, -0.05) is 0 Å². The van der Waals surface area contributed by atoms with Gasteiger partial charge in [0.25, 0.3) is 0 Å². The summed E-state index contributed by atoms with van der Waals surface area (Å²) in [6, 6.07) is 3.43. The van der Waals surface area contributed by atoms with Crippen molar-refractivity contribution in [3.05, 3.63) is 24.5 Å². The van der Waals surface area contributed by atoms with Crippen LogP contribution < -0.4 is 4.74 Å². The molecule has 1 heterocycles. The highest BCUT2D eigenvalue weighted by molar-refractivity contribution is 5.77. The van der Waals surface area contributed by atoms with E-state index in [1.807, 2.05) is 20.8 Å². The molecule has 3 heteroatoms. The lowest BCUT2D eigenvalue weighted by Gasteiger charge is -2.15. The monoisotopic (exact) mass is 179 g/mol. The Morgan fingerprint density at radius 1 is 1.46 bits per heavy atom. The summed E-state index contributed by atoms with van der Waals surface area (Å²) in [5, 5.41) is 0. The number of esters is 1. The molecule has 13 heavy (non-hydrogen) atoms. The van der Waals surface area contributed by atoms with Crippen molar-refractivity contribution < 1.29 is 9.53 Å². The second kappa shape index (κ2) is 3.56. The molecule has 0 spiro atoms. The molecule has 1 aromatic heterocycles. The van der Waals surface area contributed by atoms with Crippen LogP contribution in [0, 0.1) is 5.41 Å². The molecule has 0 radical (unpaired) electrons. The zero-order chi connectivity index (χ0) is 9.90. The zero-order valence-corrected chi connectivity index (χ0v) is 8.07. The van der Waals surface area contributed by atoms with Crippen molar-refractivity contribution in [1.29, 1.82) is 0 Å². The normalized spacial score (nSPS) is 11.0. The van der Waals surface area contributed by atoms with E-state index in [9.17, 15) is 4.79 Å². The van der Waals surface area contributed by atoms with Crippen LogP contribution in [0.1, 0.15) is 20.8 Å². The number of hydrogen-bond acceptors (Lipinski definition) is 3. The van der Waals surface area contributed by atoms with Crippen LogP contribution in [0.5, 0.6) is 5.75 Å². The topological polar surface area (TPSA) is 39.2 Å². The van der Waals surface area contributed by atoms with E-state index >= 15 is 0 Å². The molecule has 1 rings (SSSR count). The molecule has 0 fully saturated rings. The van der Waals surface area contributed by atoms with E-state index in [4.69, 9.17) is 4.74 Å². The van der Waals surface area contributed by atoms with E-state index < -0.39 is 5.41 Å². The third-order valence-electron chi connectivity index (χ3n) is 1.46. The molecule has 1 aromatic rings. The van der Waals surface area contributed by atoms with Gasteiger partial charge in [0.2, 0.25) is 0 Å². The number of ether oxygens (including phenoxy) is 1. The first-order chi connectivity index (χ1) is 6.00. The van der Waals surface area contributed by atoms with Crippen LogP contribution in [0.25, 0.3) is 0 Å². The standard InChI is InChI=1S/C10H13NO2/c1-10(2,3)9(12)13-8-5-4-6-11-7-8/h4-7H,1-3H3. The van der Waals surface area contributed by atoms with Crippen molar-refractivity contribution in [1.82, 2.24) is 4.98 Å². The highest BCUT2D eigenvalue weighted by Gasteiger charge is 2.23. The second-order valence-electron chi connectivity index (χ2n) is 3.83. The lowest BCUT2D eigenvalue weighted by atomic mass is 9.97. The Kier molecular flexibility index (Phi) is 2.66. The fraction of sp³-hybridized carbons (Fsp3) is 0.400. The van der Waals surface area contributed by atoms with Gasteiger partial charge in [-0.15, -0.1) is 0 Å². The average molecular weight is 179 g/mol. The van der Waals surface area contributed by atoms with Gasteiger partial charge in [0.1, 0.15) is 5.75 Å². The highest BCUT2D eigenvalue weighted by Crippen LogP contribution is 2.17. The van der Waals surface area contributed by atoms with Crippen LogP contribution in [0.15, 0.2) is 24.5 Å². The molecule has 0 atom stereocenters. The summed E-state index contributed by atoms with van der Waals surface area (Å²) in [7, 11) is 0. The number of rotatable bonds is 1. The van der Waals surface area contributed by atoms with Gasteiger partial charge >= 0.3 is 5.97 Å². The van der Waals surface area contributed by atoms with Crippen molar-refractivity contribution in [2.75, 3.05) is 0 Å². The molecule has 0 aliphatic rings. The molecule has 0 bridgehead atoms. The molecule has 70 valence electrons. The largest absolute Gasteiger partial charge is 0.424 e. The summed E-state index contributed by atoms with van der Waals surface area (Å²) < 4.78 is 5.08. The van der Waals surface area contributed by atoms with Gasteiger partial charge in [-0.3, -0.25) is 9.78 Å². The Hall–Kier alpha value is -1.38. The smallest absolute Gasteiger partial charge is 0.316 e. The molecule has 0 saturated heterocycles. The minimum atomic E-state index is -0.476. The van der Waals surface area contributed by atoms with Gasteiger partial charge in [-0.25, -0.2) is 0 Å². The summed E-state index contributed by atoms with van der Waals surface area (Å²) >= 11 is 0. The van der Waals surface area contributed by atoms with Crippen LogP contribution in [0.3, 0.4) is 0 Å². The van der Waals surface area contributed by atoms with E-state index in [0.717, 1.165) is 0 Å². The number of pyridine rings is 1. The second-order valence-corrected chi connectivity index (χ2v) is 3.83. The van der Waals surface area contributed by atoms with E-state index in [1.165, 1.54) is 6.20 Å². The SMILES string of the molecule is CC(C)(C)C(=O)Oc1cccnc1. The third-order valence-corrected chi connectivity index (χ3v) is 1.46. The van der Waals surface area contributed by atoms with Gasteiger partial charge in [-0.05, 0) is 32.9 Å². The fourth-order valence-corrected chi connectivity index (χ4v) is 0.668. The average Bonchev–Trinajstić information content (AvgIpc) is 2.04. The van der Waals surface area contributed by atoms with Gasteiger partial charge in [0.05, 0.1) is 11.6 Å². The minimum absolute atomic E-state index is 0.250. The summed E-state index contributed by atoms with van der Waals surface area (Å²) in [4.78, 5) is 15.2. The molecule has 3 nitrogen and oxygen atoms in total. The fourth-order valence-electron chi connectivity index (χ4n) is 0.668. The molecule has 0 unspecified atom stereocenters. The van der Waals surface area contributed by atoms with Gasteiger partial charge in [0.15, 0.2) is 0 Å². The van der Waals surface area contributed by atoms with Crippen molar-refractivity contribution in [3.63, 3.8) is 0 Å². The first-order valence-electron chi connectivity index (χ1n) is 4.12. The van der Waals surface area contributed by atoms with E-state index in [0.29, 0.717) is 5.75 Å². The first-order valence-corrected chi connectivity index (χ1v) is 4.12. The van der Waals surface area contributed by atoms with E-state index in [-0.39, 0.29) is 5.97 Å². The number of aromatic nitrogens is 1. The maximum Gasteiger partial charge on any atom is 0.316 e. The molecule has 0 amide bonds. The van der Waals surface area contributed by atoms with E-state index in [2.05, 4.69) is 4.98 Å². The van der Waals surface area contributed by atoms with Crippen LogP contribution in [-0.4, -0.2) is 11.0 Å². The van der Waals surface area contributed by atoms with Crippen LogP contribution in [-0.2, 0) is 4.79 Å². The van der Waals surface area contributed by atoms with Crippen molar-refractivity contribution >= 4 is 5.97 Å². The lowest BCUT2D eigenvalue weighted by molar-refractivity contribution is -0.143. The third kappa shape index (κ3) is 2.86. The number of hydrogen-bond donors (Lipinski definition) is 0. The summed E-state index contributed by atoms with van der Waals surface area (Å²) in [5.41, 5.74) is -0.476. The van der Waals surface area contributed by atoms with Crippen molar-refractivity contribution in [2.24, 2.45) is 5.41 Å². The Labute approximate surface area is 77.8 Å². The Morgan fingerprint density at radius 3 is 2.62 bits per heavy atom. The Bertz CT molecular complexity index is 288. The lowest BCUT2D eigenvalue weighted by Crippen LogP contribution is -2.25. The molecule has 0 N–H and O–H groups in total. The maximum absolute atomic E-state index is 11.4. The van der Waals surface area contributed by atoms with Gasteiger partial charge < -0.3 is 4.74 Å². The molecular formula is C10H13NO2. The van der Waals surface area contributed by atoms with Crippen molar-refractivity contribution in [3.8, 4) is 5.75 Å². The quantitative estimate of drug-likeness (QED) is 0.619. The van der Waals surface area contributed by atoms with E-state index in [1.54, 1.807) is 18.3 Å². The summed E-state index contributed by atoms with van der Waals surface area (Å²) in [6.45, 7) is 5.43. The van der Waals surface area contributed by atoms with Crippen LogP contribution in [0.2, 0.25) is 0 Å². The number of nitrogens with zero attached hydrogens (tertiary/aromatic N) is 1. The Balaban J connectivity index is 2.66. The van der Waals surface area contributed by atoms with Gasteiger partial charge in [0, 0.05) is 6.20 Å². The molecule has 0 aliphatic heterocycles. The summed E-state index contributed by atoms with van der Waals surface area (Å²) in [6.07, 6.45) is 3.15. The molecule has 0 aromatic carbocycles. The highest BCUT2D eigenvalue weighted by atomic mass is 16.5. The maximum atomic E-state index is 11.4. The number of carbonyl (C=O) groups is 1. The zero-order valence-electron chi connectivity index (χ0n) is 8.07. The summed E-state index contributed by atoms with van der Waals surface area (Å²) in [5.74, 6) is 0.239. The van der Waals surface area contributed by atoms with Gasteiger partial charge in [-0.2, -0.15) is 0 Å². The molecule has 0 saturated carbocycles. The van der Waals surface area contributed by atoms with Crippen LogP contribution in [0.4, 0.5) is 0 Å². The predicted molar refractivity (Wildman–Crippen MR) is 49.3 cm³/mol. The predicted octanol–water partition coefficient (Wildman–Crippen LogP) is 2.03. The Morgan fingerprint density at radius 2 is 2.15 bits per heavy atom. The molecule has 0 aliphatic carbocycles. The van der Waals surface area contributed by atoms with Crippen LogP contribution >= 0.6 is 0 Å². The number of carbonyl (C=O) groups excluding carboxylic acids is 1. The van der Waals surface area contributed by atoms with Crippen molar-refractivity contribution in [2.45, 2.75) is 20.8 Å². The molecular weight excluding hydrogens is 166 g/mol. The first kappa shape index (κ1) is 9.71.